The largest absolute Gasteiger partial charge is 0.494 e. The van der Waals surface area contributed by atoms with Gasteiger partial charge in [-0.1, -0.05) is 23.7 Å². The van der Waals surface area contributed by atoms with E-state index in [-0.39, 0.29) is 18.0 Å². The second-order valence-corrected chi connectivity index (χ2v) is 7.31. The molecule has 2 aromatic carbocycles. The molecule has 2 heterocycles. The number of para-hydroxylation sites is 1. The van der Waals surface area contributed by atoms with Gasteiger partial charge in [0.2, 0.25) is 0 Å². The zero-order chi connectivity index (χ0) is 22.7. The first-order valence-electron chi connectivity index (χ1n) is 9.61. The van der Waals surface area contributed by atoms with Gasteiger partial charge in [-0.25, -0.2) is 4.98 Å². The average molecular weight is 448 g/mol. The van der Waals surface area contributed by atoms with Crippen molar-refractivity contribution in [3.05, 3.63) is 70.9 Å². The fraction of sp³-hybridized carbons (Fsp3) is 0.130. The molecule has 0 saturated carbocycles. The van der Waals surface area contributed by atoms with E-state index in [0.717, 1.165) is 10.9 Å². The van der Waals surface area contributed by atoms with Crippen molar-refractivity contribution < 1.29 is 14.3 Å². The summed E-state index contributed by atoms with van der Waals surface area (Å²) in [5, 5.41) is 18.0. The summed E-state index contributed by atoms with van der Waals surface area (Å²) in [7, 11) is 1.58. The minimum Gasteiger partial charge on any atom is -0.494 e. The van der Waals surface area contributed by atoms with Gasteiger partial charge in [0.1, 0.15) is 28.6 Å². The second kappa shape index (κ2) is 8.96. The lowest BCUT2D eigenvalue weighted by atomic mass is 10.1. The van der Waals surface area contributed by atoms with Crippen LogP contribution in [0.2, 0.25) is 5.02 Å². The van der Waals surface area contributed by atoms with Gasteiger partial charge in [-0.3, -0.25) is 4.79 Å². The Morgan fingerprint density at radius 2 is 2.03 bits per heavy atom. The summed E-state index contributed by atoms with van der Waals surface area (Å²) in [6, 6.07) is 16.2. The number of ether oxygens (including phenoxy) is 2. The Hall–Kier alpha value is -4.09. The van der Waals surface area contributed by atoms with Crippen molar-refractivity contribution in [2.24, 2.45) is 0 Å². The molecule has 1 N–H and O–H groups in total. The van der Waals surface area contributed by atoms with Crippen LogP contribution in [0.1, 0.15) is 11.1 Å². The van der Waals surface area contributed by atoms with Gasteiger partial charge >= 0.3 is 0 Å². The normalized spacial score (nSPS) is 10.6. The number of pyridine rings is 1. The van der Waals surface area contributed by atoms with E-state index in [1.807, 2.05) is 37.3 Å². The molecule has 0 unspecified atom stereocenters. The molecule has 160 valence electrons. The number of rotatable bonds is 6. The maximum atomic E-state index is 12.5. The molecular weight excluding hydrogens is 430 g/mol. The number of nitriles is 1. The minimum atomic E-state index is -0.451. The van der Waals surface area contributed by atoms with E-state index in [0.29, 0.717) is 27.9 Å². The summed E-state index contributed by atoms with van der Waals surface area (Å²) in [5.41, 5.74) is 1.80. The van der Waals surface area contributed by atoms with Crippen molar-refractivity contribution in [3.8, 4) is 23.4 Å². The number of methoxy groups -OCH3 is 1. The number of anilines is 1. The molecule has 0 atom stereocenters. The maximum Gasteiger partial charge on any atom is 0.263 e. The minimum absolute atomic E-state index is 0.199. The summed E-state index contributed by atoms with van der Waals surface area (Å²) >= 11 is 5.86. The first kappa shape index (κ1) is 21.2. The molecule has 1 amide bonds. The Balaban J connectivity index is 1.64. The Morgan fingerprint density at radius 3 is 2.75 bits per heavy atom. The van der Waals surface area contributed by atoms with Crippen LogP contribution in [0.15, 0.2) is 54.7 Å². The standard InChI is InChI=1S/C23H18ClN5O3/c1-14-10-20(27-22-18(14)4-3-5-19(22)31-2)29-23(15(11-25)12-26-29)28-21(30)13-32-17-8-6-16(24)7-9-17/h3-10,12H,13H2,1-2H3,(H,28,30). The molecule has 0 fully saturated rings. The molecule has 9 heteroatoms. The smallest absolute Gasteiger partial charge is 0.263 e. The molecule has 4 aromatic rings. The zero-order valence-corrected chi connectivity index (χ0v) is 18.1. The van der Waals surface area contributed by atoms with Gasteiger partial charge in [-0.05, 0) is 48.9 Å². The van der Waals surface area contributed by atoms with Crippen molar-refractivity contribution in [2.75, 3.05) is 19.0 Å². The van der Waals surface area contributed by atoms with Crippen LogP contribution in [-0.2, 0) is 4.79 Å². The van der Waals surface area contributed by atoms with Crippen molar-refractivity contribution in [1.82, 2.24) is 14.8 Å². The molecule has 8 nitrogen and oxygen atoms in total. The number of nitrogens with zero attached hydrogens (tertiary/aromatic N) is 4. The molecule has 0 aliphatic rings. The molecule has 2 aromatic heterocycles. The molecule has 0 aliphatic heterocycles. The van der Waals surface area contributed by atoms with E-state index in [1.54, 1.807) is 31.4 Å². The quantitative estimate of drug-likeness (QED) is 0.473. The lowest BCUT2D eigenvalue weighted by Crippen LogP contribution is -2.22. The highest BCUT2D eigenvalue weighted by Gasteiger charge is 2.18. The fourth-order valence-corrected chi connectivity index (χ4v) is 3.35. The van der Waals surface area contributed by atoms with E-state index in [9.17, 15) is 10.1 Å². The molecule has 4 rings (SSSR count). The average Bonchev–Trinajstić information content (AvgIpc) is 3.20. The Bertz CT molecular complexity index is 1340. The molecule has 0 radical (unpaired) electrons. The molecule has 0 aliphatic carbocycles. The highest BCUT2D eigenvalue weighted by Crippen LogP contribution is 2.29. The fourth-order valence-electron chi connectivity index (χ4n) is 3.22. The number of hydrogen-bond donors (Lipinski definition) is 1. The van der Waals surface area contributed by atoms with Crippen molar-refractivity contribution in [2.45, 2.75) is 6.92 Å². The first-order valence-corrected chi connectivity index (χ1v) is 9.99. The SMILES string of the molecule is COc1cccc2c(C)cc(-n3ncc(C#N)c3NC(=O)COc3ccc(Cl)cc3)nc12. The molecule has 0 saturated heterocycles. The summed E-state index contributed by atoms with van der Waals surface area (Å²) in [5.74, 6) is 1.31. The third-order valence-corrected chi connectivity index (χ3v) is 5.02. The summed E-state index contributed by atoms with van der Waals surface area (Å²) in [6.45, 7) is 1.69. The van der Waals surface area contributed by atoms with Gasteiger partial charge in [0.15, 0.2) is 18.2 Å². The number of halogens is 1. The monoisotopic (exact) mass is 447 g/mol. The number of carbonyl (C=O) groups excluding carboxylic acids is 1. The molecular formula is C23H18ClN5O3. The maximum absolute atomic E-state index is 12.5. The van der Waals surface area contributed by atoms with Crippen LogP contribution in [0.3, 0.4) is 0 Å². The van der Waals surface area contributed by atoms with Crippen LogP contribution in [0.5, 0.6) is 11.5 Å². The van der Waals surface area contributed by atoms with E-state index >= 15 is 0 Å². The number of aryl methyl sites for hydroxylation is 1. The lowest BCUT2D eigenvalue weighted by molar-refractivity contribution is -0.118. The lowest BCUT2D eigenvalue weighted by Gasteiger charge is -2.13. The number of carbonyl (C=O) groups is 1. The third-order valence-electron chi connectivity index (χ3n) is 4.76. The predicted octanol–water partition coefficient (Wildman–Crippen LogP) is 4.28. The van der Waals surface area contributed by atoms with Gasteiger partial charge in [-0.2, -0.15) is 15.0 Å². The second-order valence-electron chi connectivity index (χ2n) is 6.88. The van der Waals surface area contributed by atoms with Crippen LogP contribution in [0, 0.1) is 18.3 Å². The van der Waals surface area contributed by atoms with Gasteiger partial charge in [0, 0.05) is 10.4 Å². The van der Waals surface area contributed by atoms with E-state index < -0.39 is 5.91 Å². The summed E-state index contributed by atoms with van der Waals surface area (Å²) < 4.78 is 12.3. The van der Waals surface area contributed by atoms with Gasteiger partial charge in [-0.15, -0.1) is 0 Å². The number of hydrogen-bond acceptors (Lipinski definition) is 6. The summed E-state index contributed by atoms with van der Waals surface area (Å²) in [6.07, 6.45) is 1.37. The highest BCUT2D eigenvalue weighted by molar-refractivity contribution is 6.30. The van der Waals surface area contributed by atoms with Crippen molar-refractivity contribution >= 4 is 34.2 Å². The molecule has 32 heavy (non-hydrogen) atoms. The van der Waals surface area contributed by atoms with Gasteiger partial charge < -0.3 is 14.8 Å². The highest BCUT2D eigenvalue weighted by atomic mass is 35.5. The first-order chi connectivity index (χ1) is 15.5. The van der Waals surface area contributed by atoms with E-state index in [4.69, 9.17) is 21.1 Å². The Labute approximate surface area is 189 Å². The third kappa shape index (κ3) is 4.19. The van der Waals surface area contributed by atoms with Crippen LogP contribution < -0.4 is 14.8 Å². The van der Waals surface area contributed by atoms with Crippen LogP contribution in [0.25, 0.3) is 16.7 Å². The Morgan fingerprint density at radius 1 is 1.25 bits per heavy atom. The number of amides is 1. The zero-order valence-electron chi connectivity index (χ0n) is 17.3. The van der Waals surface area contributed by atoms with Crippen molar-refractivity contribution in [3.63, 3.8) is 0 Å². The molecule has 0 spiro atoms. The number of nitrogens with one attached hydrogen (secondary N) is 1. The number of benzene rings is 2. The van der Waals surface area contributed by atoms with Crippen LogP contribution in [0.4, 0.5) is 5.82 Å². The van der Waals surface area contributed by atoms with Gasteiger partial charge in [0.25, 0.3) is 5.91 Å². The van der Waals surface area contributed by atoms with Gasteiger partial charge in [0.05, 0.1) is 13.3 Å². The van der Waals surface area contributed by atoms with E-state index in [1.165, 1.54) is 10.9 Å². The van der Waals surface area contributed by atoms with Crippen molar-refractivity contribution in [1.29, 1.82) is 5.26 Å². The van der Waals surface area contributed by atoms with E-state index in [2.05, 4.69) is 15.4 Å². The Kier molecular flexibility index (Phi) is 5.92. The van der Waals surface area contributed by atoms with Crippen LogP contribution in [-0.4, -0.2) is 34.4 Å². The molecule has 0 bridgehead atoms. The topological polar surface area (TPSA) is 102 Å². The predicted molar refractivity (Wildman–Crippen MR) is 120 cm³/mol. The number of aromatic nitrogens is 3. The summed E-state index contributed by atoms with van der Waals surface area (Å²) in [4.78, 5) is 17.2. The van der Waals surface area contributed by atoms with Crippen LogP contribution >= 0.6 is 11.6 Å². The number of fused-ring (bicyclic) bond motifs is 1.